The molecule has 0 saturated heterocycles. The predicted molar refractivity (Wildman–Crippen MR) is 117 cm³/mol. The number of nitrogens with one attached hydrogen (secondary N) is 2. The molecule has 0 fully saturated rings. The molecule has 0 heterocycles. The highest BCUT2D eigenvalue weighted by Crippen LogP contribution is 2.19. The Hall–Kier alpha value is -3.48. The maximum atomic E-state index is 13.1. The molecule has 2 amide bonds. The van der Waals surface area contributed by atoms with Crippen LogP contribution in [0.15, 0.2) is 42.5 Å². The second kappa shape index (κ2) is 11.1. The molecule has 0 radical (unpaired) electrons. The van der Waals surface area contributed by atoms with E-state index in [4.69, 9.17) is 4.74 Å². The number of hydrogen-bond acceptors (Lipinski definition) is 5. The average molecular weight is 424 g/mol. The van der Waals surface area contributed by atoms with Gasteiger partial charge in [0.15, 0.2) is 12.4 Å². The number of ether oxygens (including phenoxy) is 1. The molecule has 1 atom stereocenters. The normalized spacial score (nSPS) is 11.4. The lowest BCUT2D eigenvalue weighted by Gasteiger charge is -2.14. The molecule has 0 aliphatic rings. The van der Waals surface area contributed by atoms with Gasteiger partial charge in [0.1, 0.15) is 6.04 Å². The van der Waals surface area contributed by atoms with E-state index >= 15 is 0 Å². The Bertz CT molecular complexity index is 984. The van der Waals surface area contributed by atoms with E-state index in [1.54, 1.807) is 31.2 Å². The molecule has 0 saturated carbocycles. The fourth-order valence-corrected chi connectivity index (χ4v) is 2.94. The fraction of sp³-hybridized carbons (Fsp3) is 0.333. The minimum absolute atomic E-state index is 0.0787. The van der Waals surface area contributed by atoms with Gasteiger partial charge in [-0.05, 0) is 44.9 Å². The summed E-state index contributed by atoms with van der Waals surface area (Å²) in [6.45, 7) is 7.14. The largest absolute Gasteiger partial charge is 0.452 e. The summed E-state index contributed by atoms with van der Waals surface area (Å²) in [7, 11) is 0. The van der Waals surface area contributed by atoms with Crippen molar-refractivity contribution in [2.45, 2.75) is 40.2 Å². The van der Waals surface area contributed by atoms with Crippen LogP contribution in [-0.2, 0) is 14.3 Å². The third kappa shape index (κ3) is 6.50. The van der Waals surface area contributed by atoms with Crippen LogP contribution < -0.4 is 10.6 Å². The quantitative estimate of drug-likeness (QED) is 0.476. The molecule has 31 heavy (non-hydrogen) atoms. The number of rotatable bonds is 9. The molecule has 0 bridgehead atoms. The van der Waals surface area contributed by atoms with Gasteiger partial charge in [-0.3, -0.25) is 14.4 Å². The van der Waals surface area contributed by atoms with Crippen molar-refractivity contribution in [3.63, 3.8) is 0 Å². The van der Waals surface area contributed by atoms with Crippen LogP contribution in [-0.4, -0.2) is 42.8 Å². The Morgan fingerprint density at radius 1 is 0.968 bits per heavy atom. The van der Waals surface area contributed by atoms with Crippen LogP contribution in [0.1, 0.15) is 57.7 Å². The van der Waals surface area contributed by atoms with Crippen molar-refractivity contribution < 1.29 is 23.9 Å². The number of amides is 2. The van der Waals surface area contributed by atoms with Gasteiger partial charge in [0.05, 0.1) is 5.56 Å². The number of carbonyl (C=O) groups is 4. The number of benzene rings is 2. The molecule has 7 nitrogen and oxygen atoms in total. The molecule has 2 aromatic rings. The zero-order valence-corrected chi connectivity index (χ0v) is 18.3. The first-order valence-electron chi connectivity index (χ1n) is 10.2. The first-order chi connectivity index (χ1) is 14.7. The molecule has 0 aliphatic carbocycles. The van der Waals surface area contributed by atoms with E-state index in [2.05, 4.69) is 10.6 Å². The molecule has 2 aromatic carbocycles. The zero-order chi connectivity index (χ0) is 23.0. The van der Waals surface area contributed by atoms with Crippen molar-refractivity contribution in [1.82, 2.24) is 10.6 Å². The smallest absolute Gasteiger partial charge is 0.339 e. The van der Waals surface area contributed by atoms with Crippen LogP contribution in [0.5, 0.6) is 0 Å². The van der Waals surface area contributed by atoms with Crippen molar-refractivity contribution in [2.75, 3.05) is 13.2 Å². The van der Waals surface area contributed by atoms with E-state index in [0.717, 1.165) is 17.5 Å². The first-order valence-corrected chi connectivity index (χ1v) is 10.2. The third-order valence-electron chi connectivity index (χ3n) is 4.68. The van der Waals surface area contributed by atoms with Gasteiger partial charge in [0.2, 0.25) is 5.91 Å². The lowest BCUT2D eigenvalue weighted by Crippen LogP contribution is -2.46. The summed E-state index contributed by atoms with van der Waals surface area (Å²) in [4.78, 5) is 49.5. The average Bonchev–Trinajstić information content (AvgIpc) is 2.76. The molecule has 0 aromatic heterocycles. The number of esters is 1. The van der Waals surface area contributed by atoms with Crippen molar-refractivity contribution in [3.05, 3.63) is 70.3 Å². The highest BCUT2D eigenvalue weighted by Gasteiger charge is 2.22. The summed E-state index contributed by atoms with van der Waals surface area (Å²) in [5.74, 6) is -2.00. The zero-order valence-electron chi connectivity index (χ0n) is 18.3. The van der Waals surface area contributed by atoms with E-state index in [-0.39, 0.29) is 22.8 Å². The lowest BCUT2D eigenvalue weighted by atomic mass is 9.94. The van der Waals surface area contributed by atoms with E-state index in [0.29, 0.717) is 12.1 Å². The number of carbonyl (C=O) groups excluding carboxylic acids is 4. The van der Waals surface area contributed by atoms with Crippen LogP contribution in [0.3, 0.4) is 0 Å². The van der Waals surface area contributed by atoms with Gasteiger partial charge in [-0.2, -0.15) is 0 Å². The maximum absolute atomic E-state index is 13.1. The maximum Gasteiger partial charge on any atom is 0.339 e. The SMILES string of the molecule is CCCNC(=O)[C@H](C)NC(=O)COC(=O)c1ccccc1C(=O)c1cc(C)ccc1C. The fourth-order valence-electron chi connectivity index (χ4n) is 2.94. The number of hydrogen-bond donors (Lipinski definition) is 2. The lowest BCUT2D eigenvalue weighted by molar-refractivity contribution is -0.130. The molecular formula is C24H28N2O5. The Labute approximate surface area is 182 Å². The van der Waals surface area contributed by atoms with Crippen molar-refractivity contribution in [3.8, 4) is 0 Å². The predicted octanol–water partition coefficient (Wildman–Crippen LogP) is 2.72. The van der Waals surface area contributed by atoms with Crippen molar-refractivity contribution >= 4 is 23.6 Å². The Morgan fingerprint density at radius 2 is 1.65 bits per heavy atom. The first kappa shape index (κ1) is 23.8. The topological polar surface area (TPSA) is 102 Å². The molecule has 0 unspecified atom stereocenters. The van der Waals surface area contributed by atoms with E-state index < -0.39 is 24.5 Å². The summed E-state index contributed by atoms with van der Waals surface area (Å²) in [6, 6.07) is 11.1. The monoisotopic (exact) mass is 424 g/mol. The van der Waals surface area contributed by atoms with Gasteiger partial charge >= 0.3 is 5.97 Å². The van der Waals surface area contributed by atoms with E-state index in [9.17, 15) is 19.2 Å². The van der Waals surface area contributed by atoms with Crippen LogP contribution in [0, 0.1) is 13.8 Å². The molecule has 0 aliphatic heterocycles. The van der Waals surface area contributed by atoms with Crippen molar-refractivity contribution in [2.24, 2.45) is 0 Å². The number of ketones is 1. The van der Waals surface area contributed by atoms with Crippen LogP contribution in [0.4, 0.5) is 0 Å². The minimum atomic E-state index is -0.785. The number of aryl methyl sites for hydroxylation is 2. The van der Waals surface area contributed by atoms with Crippen LogP contribution in [0.25, 0.3) is 0 Å². The Kier molecular flexibility index (Phi) is 8.49. The molecular weight excluding hydrogens is 396 g/mol. The Balaban J connectivity index is 2.07. The van der Waals surface area contributed by atoms with Gasteiger partial charge in [-0.15, -0.1) is 0 Å². The standard InChI is InChI=1S/C24H28N2O5/c1-5-12-25-23(29)17(4)26-21(27)14-31-24(30)19-9-7-6-8-18(19)22(28)20-13-15(2)10-11-16(20)3/h6-11,13,17H,5,12,14H2,1-4H3,(H,25,29)(H,26,27)/t17-/m0/s1. The summed E-state index contributed by atoms with van der Waals surface area (Å²) in [5, 5.41) is 5.15. The highest BCUT2D eigenvalue weighted by molar-refractivity contribution is 6.15. The summed E-state index contributed by atoms with van der Waals surface area (Å²) < 4.78 is 5.10. The summed E-state index contributed by atoms with van der Waals surface area (Å²) >= 11 is 0. The molecule has 7 heteroatoms. The second-order valence-electron chi connectivity index (χ2n) is 7.35. The van der Waals surface area contributed by atoms with Crippen LogP contribution in [0.2, 0.25) is 0 Å². The van der Waals surface area contributed by atoms with Gasteiger partial charge in [0, 0.05) is 17.7 Å². The highest BCUT2D eigenvalue weighted by atomic mass is 16.5. The summed E-state index contributed by atoms with van der Waals surface area (Å²) in [6.07, 6.45) is 0.782. The second-order valence-corrected chi connectivity index (χ2v) is 7.35. The third-order valence-corrected chi connectivity index (χ3v) is 4.68. The van der Waals surface area contributed by atoms with Gasteiger partial charge in [-0.25, -0.2) is 4.79 Å². The minimum Gasteiger partial charge on any atom is -0.452 e. The molecule has 2 N–H and O–H groups in total. The van der Waals surface area contributed by atoms with Crippen molar-refractivity contribution in [1.29, 1.82) is 0 Å². The van der Waals surface area contributed by atoms with E-state index in [1.165, 1.54) is 6.07 Å². The van der Waals surface area contributed by atoms with Gasteiger partial charge in [0.25, 0.3) is 5.91 Å². The Morgan fingerprint density at radius 3 is 2.32 bits per heavy atom. The van der Waals surface area contributed by atoms with E-state index in [1.807, 2.05) is 32.9 Å². The van der Waals surface area contributed by atoms with Gasteiger partial charge in [-0.1, -0.05) is 42.8 Å². The van der Waals surface area contributed by atoms with Gasteiger partial charge < -0.3 is 15.4 Å². The molecule has 164 valence electrons. The summed E-state index contributed by atoms with van der Waals surface area (Å²) in [5.41, 5.74) is 2.52. The molecule has 2 rings (SSSR count). The molecule has 0 spiro atoms. The van der Waals surface area contributed by atoms with Crippen LogP contribution >= 0.6 is 0 Å².